The second-order valence-corrected chi connectivity index (χ2v) is 5.14. The molecular weight excluding hydrogens is 194 g/mol. The lowest BCUT2D eigenvalue weighted by molar-refractivity contribution is 0.0212. The molecule has 0 aliphatic carbocycles. The summed E-state index contributed by atoms with van der Waals surface area (Å²) in [7, 11) is 0. The van der Waals surface area contributed by atoms with Gasteiger partial charge in [-0.15, -0.1) is 0 Å². The van der Waals surface area contributed by atoms with Crippen LogP contribution in [-0.4, -0.2) is 33.8 Å². The molecule has 1 fully saturated rings. The molecule has 2 unspecified atom stereocenters. The molecule has 2 rings (SSSR count). The van der Waals surface area contributed by atoms with E-state index in [9.17, 15) is 9.90 Å². The summed E-state index contributed by atoms with van der Waals surface area (Å²) < 4.78 is 5.29. The molecule has 4 heteroatoms. The molecule has 1 N–H and O–H groups in total. The van der Waals surface area contributed by atoms with Gasteiger partial charge >= 0.3 is 6.09 Å². The second kappa shape index (κ2) is 3.15. The molecule has 4 nitrogen and oxygen atoms in total. The van der Waals surface area contributed by atoms with Gasteiger partial charge in [-0.1, -0.05) is 0 Å². The molecule has 1 saturated heterocycles. The van der Waals surface area contributed by atoms with E-state index in [0.717, 1.165) is 12.8 Å². The molecule has 0 aromatic carbocycles. The van der Waals surface area contributed by atoms with E-state index in [2.05, 4.69) is 0 Å². The quantitative estimate of drug-likeness (QED) is 0.668. The van der Waals surface area contributed by atoms with Crippen molar-refractivity contribution in [3.05, 3.63) is 11.8 Å². The Kier molecular flexibility index (Phi) is 2.17. The maximum Gasteiger partial charge on any atom is 0.411 e. The first kappa shape index (κ1) is 10.3. The van der Waals surface area contributed by atoms with E-state index in [1.54, 1.807) is 11.0 Å². The summed E-state index contributed by atoms with van der Waals surface area (Å²) in [5.41, 5.74) is -0.477. The third kappa shape index (κ3) is 1.80. The summed E-state index contributed by atoms with van der Waals surface area (Å²) in [4.78, 5) is 13.5. The average Bonchev–Trinajstić information content (AvgIpc) is 2.55. The van der Waals surface area contributed by atoms with Crippen LogP contribution in [0.5, 0.6) is 0 Å². The normalized spacial score (nSPS) is 29.3. The molecule has 1 amide bonds. The SMILES string of the molecule is CC(C)(C)OC(=O)N1C2C=C(O)C1CC2. The Bertz CT molecular complexity index is 316. The zero-order valence-corrected chi connectivity index (χ0v) is 9.36. The van der Waals surface area contributed by atoms with E-state index in [-0.39, 0.29) is 18.2 Å². The molecule has 84 valence electrons. The minimum atomic E-state index is -0.477. The maximum atomic E-state index is 11.8. The van der Waals surface area contributed by atoms with Gasteiger partial charge < -0.3 is 9.84 Å². The van der Waals surface area contributed by atoms with Crippen LogP contribution in [0.3, 0.4) is 0 Å². The number of ether oxygens (including phenoxy) is 1. The topological polar surface area (TPSA) is 49.8 Å². The van der Waals surface area contributed by atoms with Crippen LogP contribution in [0.25, 0.3) is 0 Å². The highest BCUT2D eigenvalue weighted by molar-refractivity contribution is 5.71. The Labute approximate surface area is 89.5 Å². The average molecular weight is 211 g/mol. The van der Waals surface area contributed by atoms with Gasteiger partial charge in [0.1, 0.15) is 11.4 Å². The largest absolute Gasteiger partial charge is 0.510 e. The van der Waals surface area contributed by atoms with Gasteiger partial charge in [-0.05, 0) is 39.7 Å². The molecule has 2 bridgehead atoms. The van der Waals surface area contributed by atoms with Crippen LogP contribution >= 0.6 is 0 Å². The molecular formula is C11H17NO3. The number of carbonyl (C=O) groups excluding carboxylic acids is 1. The summed E-state index contributed by atoms with van der Waals surface area (Å²) in [5, 5.41) is 9.55. The summed E-state index contributed by atoms with van der Waals surface area (Å²) in [5.74, 6) is 0.317. The lowest BCUT2D eigenvalue weighted by Gasteiger charge is -2.27. The van der Waals surface area contributed by atoms with Crippen LogP contribution in [0.1, 0.15) is 33.6 Å². The molecule has 15 heavy (non-hydrogen) atoms. The van der Waals surface area contributed by atoms with E-state index < -0.39 is 5.60 Å². The number of aliphatic hydroxyl groups is 1. The molecule has 0 radical (unpaired) electrons. The number of nitrogens with zero attached hydrogens (tertiary/aromatic N) is 1. The molecule has 0 aromatic heterocycles. The number of carbonyl (C=O) groups is 1. The highest BCUT2D eigenvalue weighted by atomic mass is 16.6. The van der Waals surface area contributed by atoms with Crippen LogP contribution in [0.2, 0.25) is 0 Å². The van der Waals surface area contributed by atoms with Crippen molar-refractivity contribution in [3.8, 4) is 0 Å². The van der Waals surface area contributed by atoms with Gasteiger partial charge in [-0.2, -0.15) is 0 Å². The highest BCUT2D eigenvalue weighted by Gasteiger charge is 2.45. The van der Waals surface area contributed by atoms with E-state index >= 15 is 0 Å². The minimum Gasteiger partial charge on any atom is -0.510 e. The Hall–Kier alpha value is -1.19. The fourth-order valence-corrected chi connectivity index (χ4v) is 2.18. The molecule has 0 aromatic rings. The summed E-state index contributed by atoms with van der Waals surface area (Å²) in [6.07, 6.45) is 3.19. The zero-order valence-electron chi connectivity index (χ0n) is 9.36. The van der Waals surface area contributed by atoms with Gasteiger partial charge in [0.25, 0.3) is 0 Å². The molecule has 2 aliphatic rings. The molecule has 0 saturated carbocycles. The number of hydrogen-bond donors (Lipinski definition) is 1. The van der Waals surface area contributed by atoms with Crippen molar-refractivity contribution in [2.45, 2.75) is 51.3 Å². The molecule has 0 spiro atoms. The first-order chi connectivity index (χ1) is 6.88. The minimum absolute atomic E-state index is 0.0323. The fraction of sp³-hybridized carbons (Fsp3) is 0.727. The number of hydrogen-bond acceptors (Lipinski definition) is 3. The van der Waals surface area contributed by atoms with Crippen molar-refractivity contribution in [3.63, 3.8) is 0 Å². The summed E-state index contributed by atoms with van der Waals surface area (Å²) in [6, 6.07) is -0.116. The second-order valence-electron chi connectivity index (χ2n) is 5.14. The van der Waals surface area contributed by atoms with Crippen molar-refractivity contribution in [2.75, 3.05) is 0 Å². The predicted molar refractivity (Wildman–Crippen MR) is 55.6 cm³/mol. The van der Waals surface area contributed by atoms with Crippen molar-refractivity contribution in [1.29, 1.82) is 0 Å². The Morgan fingerprint density at radius 2 is 2.20 bits per heavy atom. The van der Waals surface area contributed by atoms with E-state index in [1.807, 2.05) is 20.8 Å². The first-order valence-corrected chi connectivity index (χ1v) is 5.30. The van der Waals surface area contributed by atoms with Crippen LogP contribution in [-0.2, 0) is 4.74 Å². The zero-order chi connectivity index (χ0) is 11.2. The van der Waals surface area contributed by atoms with Gasteiger partial charge in [0.15, 0.2) is 0 Å². The van der Waals surface area contributed by atoms with E-state index in [4.69, 9.17) is 4.74 Å². The van der Waals surface area contributed by atoms with E-state index in [0.29, 0.717) is 5.76 Å². The number of rotatable bonds is 0. The van der Waals surface area contributed by atoms with Crippen LogP contribution in [0, 0.1) is 0 Å². The monoisotopic (exact) mass is 211 g/mol. The predicted octanol–water partition coefficient (Wildman–Crippen LogP) is 2.21. The standard InChI is InChI=1S/C11H17NO3/c1-11(2,3)15-10(14)12-7-4-5-8(12)9(13)6-7/h6-8,13H,4-5H2,1-3H3. The van der Waals surface area contributed by atoms with Gasteiger partial charge in [0.05, 0.1) is 12.1 Å². The Morgan fingerprint density at radius 3 is 2.60 bits per heavy atom. The lowest BCUT2D eigenvalue weighted by Crippen LogP contribution is -2.40. The molecule has 2 heterocycles. The number of aliphatic hydroxyl groups excluding tert-OH is 1. The van der Waals surface area contributed by atoms with Crippen molar-refractivity contribution < 1.29 is 14.6 Å². The van der Waals surface area contributed by atoms with E-state index in [1.165, 1.54) is 0 Å². The van der Waals surface area contributed by atoms with Crippen molar-refractivity contribution in [1.82, 2.24) is 4.90 Å². The van der Waals surface area contributed by atoms with Crippen LogP contribution in [0.15, 0.2) is 11.8 Å². The number of amides is 1. The fourth-order valence-electron chi connectivity index (χ4n) is 2.18. The summed E-state index contributed by atoms with van der Waals surface area (Å²) >= 11 is 0. The highest BCUT2D eigenvalue weighted by Crippen LogP contribution is 2.36. The van der Waals surface area contributed by atoms with Gasteiger partial charge in [0, 0.05) is 0 Å². The van der Waals surface area contributed by atoms with Crippen LogP contribution in [0.4, 0.5) is 4.79 Å². The third-order valence-electron chi connectivity index (χ3n) is 2.74. The molecule has 2 aliphatic heterocycles. The van der Waals surface area contributed by atoms with Crippen molar-refractivity contribution >= 4 is 6.09 Å². The first-order valence-electron chi connectivity index (χ1n) is 5.30. The third-order valence-corrected chi connectivity index (χ3v) is 2.74. The summed E-state index contributed by atoms with van der Waals surface area (Å²) in [6.45, 7) is 5.53. The van der Waals surface area contributed by atoms with Gasteiger partial charge in [-0.25, -0.2) is 4.79 Å². The van der Waals surface area contributed by atoms with Crippen LogP contribution < -0.4 is 0 Å². The molecule has 2 atom stereocenters. The van der Waals surface area contributed by atoms with Crippen molar-refractivity contribution in [2.24, 2.45) is 0 Å². The van der Waals surface area contributed by atoms with Gasteiger partial charge in [0.2, 0.25) is 0 Å². The van der Waals surface area contributed by atoms with Gasteiger partial charge in [-0.3, -0.25) is 4.90 Å². The maximum absolute atomic E-state index is 11.8. The Morgan fingerprint density at radius 1 is 1.53 bits per heavy atom. The lowest BCUT2D eigenvalue weighted by atomic mass is 10.1. The number of fused-ring (bicyclic) bond motifs is 2. The smallest absolute Gasteiger partial charge is 0.411 e. The Balaban J connectivity index is 2.06.